The van der Waals surface area contributed by atoms with Crippen LogP contribution >= 0.6 is 34.8 Å². The first kappa shape index (κ1) is 30.6. The Morgan fingerprint density at radius 2 is 1.95 bits per heavy atom. The van der Waals surface area contributed by atoms with Crippen LogP contribution in [0.1, 0.15) is 37.9 Å². The van der Waals surface area contributed by atoms with Gasteiger partial charge in [-0.2, -0.15) is 10.4 Å². The molecule has 3 N–H and O–H groups in total. The minimum atomic E-state index is -0.632. The number of allylic oxidation sites excluding steroid dienone is 1. The van der Waals surface area contributed by atoms with Crippen LogP contribution in [0.2, 0.25) is 0 Å². The summed E-state index contributed by atoms with van der Waals surface area (Å²) in [7, 11) is 0. The van der Waals surface area contributed by atoms with Crippen LogP contribution in [-0.4, -0.2) is 49.6 Å². The third kappa shape index (κ3) is 8.06. The molecule has 210 valence electrons. The van der Waals surface area contributed by atoms with Crippen molar-refractivity contribution in [1.29, 1.82) is 5.26 Å². The van der Waals surface area contributed by atoms with Gasteiger partial charge in [0, 0.05) is 11.3 Å². The molecule has 0 bridgehead atoms. The van der Waals surface area contributed by atoms with Gasteiger partial charge < -0.3 is 29.6 Å². The molecule has 0 unspecified atom stereocenters. The summed E-state index contributed by atoms with van der Waals surface area (Å²) in [6.07, 6.45) is 1.46. The summed E-state index contributed by atoms with van der Waals surface area (Å²) in [5, 5.41) is 19.2. The lowest BCUT2D eigenvalue weighted by Crippen LogP contribution is -2.45. The number of rotatable bonds is 12. The van der Waals surface area contributed by atoms with Crippen molar-refractivity contribution >= 4 is 58.0 Å². The lowest BCUT2D eigenvalue weighted by molar-refractivity contribution is -0.139. The summed E-state index contributed by atoms with van der Waals surface area (Å²) in [6, 6.07) is 11.8. The molecular formula is C27H28IN5O6S. The topological polar surface area (TPSA) is 143 Å². The molecule has 0 saturated heterocycles. The zero-order valence-corrected chi connectivity index (χ0v) is 25.1. The molecule has 1 aliphatic rings. The monoisotopic (exact) mass is 677 g/mol. The van der Waals surface area contributed by atoms with Crippen molar-refractivity contribution in [2.75, 3.05) is 26.4 Å². The van der Waals surface area contributed by atoms with Crippen molar-refractivity contribution < 1.29 is 28.5 Å². The molecule has 2 aromatic carbocycles. The summed E-state index contributed by atoms with van der Waals surface area (Å²) < 4.78 is 22.9. The minimum Gasteiger partial charge on any atom is -0.490 e. The van der Waals surface area contributed by atoms with Crippen LogP contribution in [0.15, 0.2) is 52.8 Å². The molecule has 1 heterocycles. The number of hydrogen-bond acceptors (Lipinski definition) is 9. The van der Waals surface area contributed by atoms with Gasteiger partial charge in [0.15, 0.2) is 29.8 Å². The number of carbonyl (C=O) groups is 2. The second-order valence-corrected chi connectivity index (χ2v) is 9.69. The molecule has 0 saturated carbocycles. The lowest BCUT2D eigenvalue weighted by atomic mass is 9.95. The van der Waals surface area contributed by atoms with Crippen LogP contribution in [-0.2, 0) is 14.3 Å². The van der Waals surface area contributed by atoms with Gasteiger partial charge >= 0.3 is 5.97 Å². The lowest BCUT2D eigenvalue weighted by Gasteiger charge is -2.30. The first-order valence-electron chi connectivity index (χ1n) is 12.2. The number of halogens is 1. The van der Waals surface area contributed by atoms with E-state index in [-0.39, 0.29) is 19.8 Å². The van der Waals surface area contributed by atoms with Gasteiger partial charge in [-0.3, -0.25) is 4.79 Å². The standard InChI is InChI=1S/C27H28IN5O6S/c1-4-36-21-13-17(12-19(28)25(21)38-11-10-29)14-30-33-22(34)15-39-20-9-7-6-8-18(20)24-23(26(35)37-5-2)16(3)31-27(40)32-24/h6-9,12-14,24H,4-5,11,15H2,1-3H3,(H,33,34)(H2,31,32,40)/t24-/m0/s1. The van der Waals surface area contributed by atoms with Crippen molar-refractivity contribution in [2.45, 2.75) is 26.8 Å². The van der Waals surface area contributed by atoms with Gasteiger partial charge in [0.05, 0.1) is 34.6 Å². The van der Waals surface area contributed by atoms with E-state index in [9.17, 15) is 9.59 Å². The van der Waals surface area contributed by atoms with Crippen LogP contribution in [0.3, 0.4) is 0 Å². The minimum absolute atomic E-state index is 0.108. The number of esters is 1. The first-order valence-corrected chi connectivity index (χ1v) is 13.7. The normalized spacial score (nSPS) is 14.6. The molecule has 11 nitrogen and oxygen atoms in total. The van der Waals surface area contributed by atoms with Gasteiger partial charge in [-0.25, -0.2) is 10.2 Å². The van der Waals surface area contributed by atoms with Crippen LogP contribution < -0.4 is 30.3 Å². The number of hydrazone groups is 1. The summed E-state index contributed by atoms with van der Waals surface area (Å²) >= 11 is 7.38. The Morgan fingerprint density at radius 1 is 1.18 bits per heavy atom. The Hall–Kier alpha value is -3.90. The van der Waals surface area contributed by atoms with Crippen molar-refractivity contribution in [3.8, 4) is 23.3 Å². The summed E-state index contributed by atoms with van der Waals surface area (Å²) in [6.45, 7) is 5.50. The number of carbonyl (C=O) groups excluding carboxylic acids is 2. The van der Waals surface area contributed by atoms with Crippen molar-refractivity contribution in [3.05, 3.63) is 62.4 Å². The molecule has 2 aromatic rings. The fourth-order valence-electron chi connectivity index (χ4n) is 3.78. The van der Waals surface area contributed by atoms with Gasteiger partial charge in [-0.15, -0.1) is 0 Å². The first-order chi connectivity index (χ1) is 19.3. The Labute approximate surface area is 251 Å². The molecule has 3 rings (SSSR count). The predicted octanol–water partition coefficient (Wildman–Crippen LogP) is 3.48. The average Bonchev–Trinajstić information content (AvgIpc) is 2.91. The van der Waals surface area contributed by atoms with E-state index in [1.807, 2.05) is 13.0 Å². The van der Waals surface area contributed by atoms with E-state index in [0.29, 0.717) is 51.4 Å². The zero-order valence-electron chi connectivity index (χ0n) is 22.1. The third-order valence-electron chi connectivity index (χ3n) is 5.37. The van der Waals surface area contributed by atoms with Gasteiger partial charge in [-0.05, 0) is 79.3 Å². The highest BCUT2D eigenvalue weighted by atomic mass is 127. The quantitative estimate of drug-likeness (QED) is 0.101. The van der Waals surface area contributed by atoms with Gasteiger partial charge in [-0.1, -0.05) is 18.2 Å². The van der Waals surface area contributed by atoms with E-state index < -0.39 is 17.9 Å². The summed E-state index contributed by atoms with van der Waals surface area (Å²) in [4.78, 5) is 25.2. The number of nitrogens with zero attached hydrogens (tertiary/aromatic N) is 2. The summed E-state index contributed by atoms with van der Waals surface area (Å²) in [5.41, 5.74) is 4.64. The molecule has 0 aromatic heterocycles. The molecule has 1 aliphatic heterocycles. The average molecular weight is 678 g/mol. The predicted molar refractivity (Wildman–Crippen MR) is 160 cm³/mol. The van der Waals surface area contributed by atoms with Gasteiger partial charge in [0.1, 0.15) is 11.8 Å². The van der Waals surface area contributed by atoms with Crippen LogP contribution in [0, 0.1) is 14.9 Å². The van der Waals surface area contributed by atoms with Gasteiger partial charge in [0.2, 0.25) is 0 Å². The number of thiocarbonyl (C=S) groups is 1. The molecule has 13 heteroatoms. The highest BCUT2D eigenvalue weighted by molar-refractivity contribution is 14.1. The number of para-hydroxylation sites is 1. The summed E-state index contributed by atoms with van der Waals surface area (Å²) in [5.74, 6) is 0.349. The SMILES string of the molecule is CCOC(=O)C1=C(C)NC(=S)N[C@H]1c1ccccc1OCC(=O)NN=Cc1cc(I)c(OCC#N)c(OCC)c1. The van der Waals surface area contributed by atoms with E-state index >= 15 is 0 Å². The third-order valence-corrected chi connectivity index (χ3v) is 6.39. The Balaban J connectivity index is 1.70. The van der Waals surface area contributed by atoms with E-state index in [1.54, 1.807) is 50.2 Å². The van der Waals surface area contributed by atoms with Crippen molar-refractivity contribution in [3.63, 3.8) is 0 Å². The molecule has 40 heavy (non-hydrogen) atoms. The second-order valence-electron chi connectivity index (χ2n) is 8.12. The number of ether oxygens (including phenoxy) is 4. The number of amides is 1. The molecule has 1 amide bonds. The van der Waals surface area contributed by atoms with Crippen LogP contribution in [0.25, 0.3) is 0 Å². The molecule has 0 aliphatic carbocycles. The maximum absolute atomic E-state index is 12.7. The highest BCUT2D eigenvalue weighted by Gasteiger charge is 2.32. The van der Waals surface area contributed by atoms with Crippen molar-refractivity contribution in [2.24, 2.45) is 5.10 Å². The largest absolute Gasteiger partial charge is 0.490 e. The molecule has 1 atom stereocenters. The Kier molecular flexibility index (Phi) is 11.5. The van der Waals surface area contributed by atoms with Gasteiger partial charge in [0.25, 0.3) is 5.91 Å². The zero-order chi connectivity index (χ0) is 29.1. The van der Waals surface area contributed by atoms with E-state index in [4.69, 9.17) is 36.4 Å². The molecular weight excluding hydrogens is 649 g/mol. The van der Waals surface area contributed by atoms with E-state index in [0.717, 1.165) is 3.57 Å². The number of nitriles is 1. The van der Waals surface area contributed by atoms with Crippen LogP contribution in [0.5, 0.6) is 17.2 Å². The smallest absolute Gasteiger partial charge is 0.338 e. The molecule has 0 fully saturated rings. The van der Waals surface area contributed by atoms with E-state index in [1.165, 1.54) is 6.21 Å². The second kappa shape index (κ2) is 15.0. The number of hydrogen-bond donors (Lipinski definition) is 3. The van der Waals surface area contributed by atoms with E-state index in [2.05, 4.69) is 43.8 Å². The molecule has 0 radical (unpaired) electrons. The maximum Gasteiger partial charge on any atom is 0.338 e. The highest BCUT2D eigenvalue weighted by Crippen LogP contribution is 2.35. The Morgan fingerprint density at radius 3 is 2.67 bits per heavy atom. The number of nitrogens with one attached hydrogen (secondary N) is 3. The Bertz CT molecular complexity index is 1370. The fraction of sp³-hybridized carbons (Fsp3) is 0.296. The fourth-order valence-corrected chi connectivity index (χ4v) is 4.83. The molecule has 0 spiro atoms. The van der Waals surface area contributed by atoms with Crippen LogP contribution in [0.4, 0.5) is 0 Å². The maximum atomic E-state index is 12.7. The van der Waals surface area contributed by atoms with Crippen molar-refractivity contribution in [1.82, 2.24) is 16.1 Å². The number of benzene rings is 2.